The lowest BCUT2D eigenvalue weighted by molar-refractivity contribution is -0.119. The minimum atomic E-state index is -0.273. The second kappa shape index (κ2) is 8.46. The Hall–Kier alpha value is -3.19. The molecule has 7 heteroatoms. The van der Waals surface area contributed by atoms with Crippen LogP contribution in [0.5, 0.6) is 5.75 Å². The number of likely N-dealkylation sites (N-methyl/N-ethyl adjacent to an activating group) is 1. The smallest absolute Gasteiger partial charge is 0.275 e. The van der Waals surface area contributed by atoms with Crippen LogP contribution in [0.4, 0.5) is 5.69 Å². The molecule has 0 aliphatic heterocycles. The summed E-state index contributed by atoms with van der Waals surface area (Å²) in [4.78, 5) is 28.2. The molecule has 27 heavy (non-hydrogen) atoms. The molecule has 1 aromatic heterocycles. The van der Waals surface area contributed by atoms with Gasteiger partial charge in [0, 0.05) is 23.7 Å². The number of hydrogen-bond acceptors (Lipinski definition) is 5. The Labute approximate surface area is 161 Å². The summed E-state index contributed by atoms with van der Waals surface area (Å²) in [7, 11) is 3.22. The van der Waals surface area contributed by atoms with Gasteiger partial charge in [0.1, 0.15) is 16.5 Å². The lowest BCUT2D eigenvalue weighted by Crippen LogP contribution is -2.19. The summed E-state index contributed by atoms with van der Waals surface area (Å²) in [5.74, 6) is 0.443. The average Bonchev–Trinajstić information content (AvgIpc) is 3.20. The van der Waals surface area contributed by atoms with Gasteiger partial charge in [0.05, 0.1) is 13.5 Å². The van der Waals surface area contributed by atoms with Crippen LogP contribution in [-0.4, -0.2) is 31.0 Å². The van der Waals surface area contributed by atoms with Crippen LogP contribution in [0.2, 0.25) is 0 Å². The average molecular weight is 381 g/mol. The van der Waals surface area contributed by atoms with Gasteiger partial charge in [-0.05, 0) is 42.0 Å². The first-order valence-electron chi connectivity index (χ1n) is 8.30. The summed E-state index contributed by atoms with van der Waals surface area (Å²) in [5, 5.41) is 7.90. The fourth-order valence-corrected chi connectivity index (χ4v) is 3.23. The molecule has 0 aliphatic carbocycles. The number of nitrogens with one attached hydrogen (secondary N) is 2. The SMILES string of the molecule is CNC(=O)Cc1ccc(NC(=O)c2csc(-c3ccc(OC)cc3)n2)cc1. The summed E-state index contributed by atoms with van der Waals surface area (Å²) < 4.78 is 5.15. The Morgan fingerprint density at radius 1 is 1.07 bits per heavy atom. The molecule has 0 unspecified atom stereocenters. The van der Waals surface area contributed by atoms with E-state index in [4.69, 9.17) is 4.74 Å². The van der Waals surface area contributed by atoms with Crippen LogP contribution in [0, 0.1) is 0 Å². The first-order valence-corrected chi connectivity index (χ1v) is 9.18. The number of rotatable bonds is 6. The van der Waals surface area contributed by atoms with Crippen molar-refractivity contribution in [3.05, 3.63) is 65.2 Å². The Balaban J connectivity index is 1.66. The second-order valence-electron chi connectivity index (χ2n) is 5.77. The van der Waals surface area contributed by atoms with Crippen LogP contribution in [0.25, 0.3) is 10.6 Å². The van der Waals surface area contributed by atoms with E-state index < -0.39 is 0 Å². The molecular formula is C20H19N3O3S. The van der Waals surface area contributed by atoms with E-state index in [-0.39, 0.29) is 11.8 Å². The molecule has 2 N–H and O–H groups in total. The summed E-state index contributed by atoms with van der Waals surface area (Å²) >= 11 is 1.41. The third-order valence-electron chi connectivity index (χ3n) is 3.93. The first kappa shape index (κ1) is 18.6. The van der Waals surface area contributed by atoms with E-state index in [0.717, 1.165) is 21.9 Å². The Bertz CT molecular complexity index is 934. The van der Waals surface area contributed by atoms with Gasteiger partial charge in [-0.1, -0.05) is 12.1 Å². The molecule has 0 saturated heterocycles. The Kier molecular flexibility index (Phi) is 5.83. The molecule has 2 aromatic carbocycles. The quantitative estimate of drug-likeness (QED) is 0.686. The van der Waals surface area contributed by atoms with E-state index in [1.54, 1.807) is 31.7 Å². The summed E-state index contributed by atoms with van der Waals surface area (Å²) in [5.41, 5.74) is 2.82. The molecular weight excluding hydrogens is 362 g/mol. The van der Waals surface area contributed by atoms with Crippen molar-refractivity contribution in [2.45, 2.75) is 6.42 Å². The minimum absolute atomic E-state index is 0.0553. The van der Waals surface area contributed by atoms with Crippen molar-refractivity contribution in [3.63, 3.8) is 0 Å². The molecule has 1 heterocycles. The normalized spacial score (nSPS) is 10.3. The van der Waals surface area contributed by atoms with E-state index in [1.165, 1.54) is 11.3 Å². The predicted molar refractivity (Wildman–Crippen MR) is 106 cm³/mol. The maximum absolute atomic E-state index is 12.4. The van der Waals surface area contributed by atoms with Gasteiger partial charge in [0.25, 0.3) is 5.91 Å². The van der Waals surface area contributed by atoms with E-state index in [2.05, 4.69) is 15.6 Å². The van der Waals surface area contributed by atoms with Crippen molar-refractivity contribution in [3.8, 4) is 16.3 Å². The van der Waals surface area contributed by atoms with Crippen LogP contribution in [0.15, 0.2) is 53.9 Å². The number of thiazole rings is 1. The van der Waals surface area contributed by atoms with Gasteiger partial charge in [-0.3, -0.25) is 9.59 Å². The van der Waals surface area contributed by atoms with Crippen molar-refractivity contribution in [2.24, 2.45) is 0 Å². The van der Waals surface area contributed by atoms with Crippen molar-refractivity contribution in [1.82, 2.24) is 10.3 Å². The number of hydrogen-bond donors (Lipinski definition) is 2. The van der Waals surface area contributed by atoms with Crippen molar-refractivity contribution >= 4 is 28.8 Å². The molecule has 3 rings (SSSR count). The number of aromatic nitrogens is 1. The molecule has 3 aromatic rings. The summed E-state index contributed by atoms with van der Waals surface area (Å²) in [6, 6.07) is 14.7. The van der Waals surface area contributed by atoms with Crippen molar-refractivity contribution in [2.75, 3.05) is 19.5 Å². The van der Waals surface area contributed by atoms with E-state index >= 15 is 0 Å². The van der Waals surface area contributed by atoms with Gasteiger partial charge in [0.2, 0.25) is 5.91 Å². The van der Waals surface area contributed by atoms with E-state index in [1.807, 2.05) is 36.4 Å². The van der Waals surface area contributed by atoms with Crippen LogP contribution in [-0.2, 0) is 11.2 Å². The van der Waals surface area contributed by atoms with Crippen LogP contribution >= 0.6 is 11.3 Å². The third-order valence-corrected chi connectivity index (χ3v) is 4.82. The third kappa shape index (κ3) is 4.71. The fraction of sp³-hybridized carbons (Fsp3) is 0.150. The first-order chi connectivity index (χ1) is 13.1. The minimum Gasteiger partial charge on any atom is -0.497 e. The van der Waals surface area contributed by atoms with Gasteiger partial charge in [-0.2, -0.15) is 0 Å². The largest absolute Gasteiger partial charge is 0.497 e. The lowest BCUT2D eigenvalue weighted by Gasteiger charge is -2.05. The highest BCUT2D eigenvalue weighted by Gasteiger charge is 2.12. The Morgan fingerprint density at radius 3 is 2.41 bits per heavy atom. The topological polar surface area (TPSA) is 80.3 Å². The van der Waals surface area contributed by atoms with Crippen LogP contribution < -0.4 is 15.4 Å². The van der Waals surface area contributed by atoms with Gasteiger partial charge in [0.15, 0.2) is 0 Å². The second-order valence-corrected chi connectivity index (χ2v) is 6.63. The number of methoxy groups -OCH3 is 1. The van der Waals surface area contributed by atoms with Crippen molar-refractivity contribution < 1.29 is 14.3 Å². The maximum Gasteiger partial charge on any atom is 0.275 e. The molecule has 2 amide bonds. The standard InChI is InChI=1S/C20H19N3O3S/c1-21-18(24)11-13-3-7-15(8-4-13)22-19(25)17-12-27-20(23-17)14-5-9-16(26-2)10-6-14/h3-10,12H,11H2,1-2H3,(H,21,24)(H,22,25). The molecule has 0 bridgehead atoms. The van der Waals surface area contributed by atoms with Gasteiger partial charge in [-0.15, -0.1) is 11.3 Å². The number of carbonyl (C=O) groups excluding carboxylic acids is 2. The summed E-state index contributed by atoms with van der Waals surface area (Å²) in [6.45, 7) is 0. The zero-order chi connectivity index (χ0) is 19.2. The zero-order valence-electron chi connectivity index (χ0n) is 15.0. The highest BCUT2D eigenvalue weighted by molar-refractivity contribution is 7.13. The monoisotopic (exact) mass is 381 g/mol. The zero-order valence-corrected chi connectivity index (χ0v) is 15.8. The molecule has 0 fully saturated rings. The number of ether oxygens (including phenoxy) is 1. The highest BCUT2D eigenvalue weighted by atomic mass is 32.1. The Morgan fingerprint density at radius 2 is 1.78 bits per heavy atom. The summed E-state index contributed by atoms with van der Waals surface area (Å²) in [6.07, 6.45) is 0.308. The molecule has 6 nitrogen and oxygen atoms in total. The van der Waals surface area contributed by atoms with E-state index in [0.29, 0.717) is 17.8 Å². The fourth-order valence-electron chi connectivity index (χ4n) is 2.42. The van der Waals surface area contributed by atoms with E-state index in [9.17, 15) is 9.59 Å². The number of anilines is 1. The van der Waals surface area contributed by atoms with Gasteiger partial charge in [-0.25, -0.2) is 4.98 Å². The van der Waals surface area contributed by atoms with Crippen molar-refractivity contribution in [1.29, 1.82) is 0 Å². The predicted octanol–water partition coefficient (Wildman–Crippen LogP) is 3.36. The number of benzene rings is 2. The van der Waals surface area contributed by atoms with Crippen LogP contribution in [0.3, 0.4) is 0 Å². The maximum atomic E-state index is 12.4. The molecule has 0 saturated carbocycles. The molecule has 138 valence electrons. The molecule has 0 radical (unpaired) electrons. The lowest BCUT2D eigenvalue weighted by atomic mass is 10.1. The molecule has 0 spiro atoms. The number of carbonyl (C=O) groups is 2. The van der Waals surface area contributed by atoms with Gasteiger partial charge >= 0.3 is 0 Å². The number of nitrogens with zero attached hydrogens (tertiary/aromatic N) is 1. The van der Waals surface area contributed by atoms with Crippen LogP contribution in [0.1, 0.15) is 16.1 Å². The molecule has 0 aliphatic rings. The highest BCUT2D eigenvalue weighted by Crippen LogP contribution is 2.26. The van der Waals surface area contributed by atoms with Gasteiger partial charge < -0.3 is 15.4 Å². The number of amides is 2. The molecule has 0 atom stereocenters.